The first kappa shape index (κ1) is 29.5. The molecule has 0 amide bonds. The maximum absolute atomic E-state index is 15.8. The fourth-order valence-electron chi connectivity index (χ4n) is 5.44. The number of methoxy groups -OCH3 is 1. The lowest BCUT2D eigenvalue weighted by atomic mass is 9.71. The average Bonchev–Trinajstić information content (AvgIpc) is 2.92. The number of ether oxygens (including phenoxy) is 2. The largest absolute Gasteiger partial charge is 0.497 e. The molecule has 0 spiro atoms. The summed E-state index contributed by atoms with van der Waals surface area (Å²) in [5.74, 6) is -4.45. The Kier molecular flexibility index (Phi) is 9.44. The number of pyridine rings is 1. The van der Waals surface area contributed by atoms with Gasteiger partial charge in [-0.1, -0.05) is 0 Å². The normalized spacial score (nSPS) is 16.1. The van der Waals surface area contributed by atoms with Crippen molar-refractivity contribution >= 4 is 16.9 Å². The zero-order valence-corrected chi connectivity index (χ0v) is 22.1. The van der Waals surface area contributed by atoms with E-state index in [1.807, 2.05) is 4.90 Å². The number of hydrogen-bond acceptors (Lipinski definition) is 5. The first-order valence-electron chi connectivity index (χ1n) is 13.0. The van der Waals surface area contributed by atoms with E-state index in [-0.39, 0.29) is 37.0 Å². The number of carbonyl (C=O) groups is 1. The topological polar surface area (TPSA) is 71.9 Å². The van der Waals surface area contributed by atoms with Crippen LogP contribution in [0.5, 0.6) is 11.5 Å². The standard InChI is InChI=1S/C29H31F5N2O4/c1-39-20-2-3-25-21(14-20)27(18(16-30)17-35-25)22(32)4-5-29(15-26(37)38)6-8-36(9-7-29)10-11-40-28-23(33)12-19(31)13-24(28)34/h2-3,12-14,17,22H,4-11,15-16H2,1H3,(H,37,38)/t22-/m1/s1. The molecular weight excluding hydrogens is 535 g/mol. The molecule has 4 rings (SSSR count). The second-order valence-electron chi connectivity index (χ2n) is 10.2. The van der Waals surface area contributed by atoms with E-state index in [1.165, 1.54) is 13.3 Å². The van der Waals surface area contributed by atoms with Gasteiger partial charge in [0.15, 0.2) is 17.4 Å². The number of carboxylic acids is 1. The van der Waals surface area contributed by atoms with Crippen LogP contribution >= 0.6 is 0 Å². The van der Waals surface area contributed by atoms with E-state index in [1.54, 1.807) is 18.2 Å². The van der Waals surface area contributed by atoms with Crippen molar-refractivity contribution in [2.75, 3.05) is 33.4 Å². The van der Waals surface area contributed by atoms with Crippen LogP contribution in [-0.2, 0) is 11.5 Å². The molecule has 1 N–H and O–H groups in total. The second kappa shape index (κ2) is 12.8. The molecule has 11 heteroatoms. The van der Waals surface area contributed by atoms with Gasteiger partial charge in [0.2, 0.25) is 0 Å². The number of halogens is 5. The number of fused-ring (bicyclic) bond motifs is 1. The molecule has 1 fully saturated rings. The van der Waals surface area contributed by atoms with E-state index in [0.717, 1.165) is 0 Å². The Hall–Kier alpha value is -3.47. The van der Waals surface area contributed by atoms with Gasteiger partial charge in [-0.3, -0.25) is 14.7 Å². The summed E-state index contributed by atoms with van der Waals surface area (Å²) in [6.45, 7) is 0.331. The summed E-state index contributed by atoms with van der Waals surface area (Å²) < 4.78 is 80.8. The molecule has 1 atom stereocenters. The van der Waals surface area contributed by atoms with E-state index < -0.39 is 47.4 Å². The number of carboxylic acid groups (broad SMARTS) is 1. The van der Waals surface area contributed by atoms with Crippen molar-refractivity contribution < 1.29 is 41.3 Å². The molecule has 1 aliphatic rings. The van der Waals surface area contributed by atoms with Gasteiger partial charge >= 0.3 is 5.97 Å². The zero-order chi connectivity index (χ0) is 28.9. The molecular formula is C29H31F5N2O4. The van der Waals surface area contributed by atoms with Crippen LogP contribution in [-0.4, -0.2) is 54.3 Å². The van der Waals surface area contributed by atoms with Crippen molar-refractivity contribution in [2.24, 2.45) is 5.41 Å². The molecule has 2 heterocycles. The number of aliphatic carboxylic acids is 1. The second-order valence-corrected chi connectivity index (χ2v) is 10.2. The van der Waals surface area contributed by atoms with Crippen LogP contribution in [0, 0.1) is 22.9 Å². The fourth-order valence-corrected chi connectivity index (χ4v) is 5.44. The van der Waals surface area contributed by atoms with Gasteiger partial charge in [0, 0.05) is 41.4 Å². The Bertz CT molecular complexity index is 1320. The summed E-state index contributed by atoms with van der Waals surface area (Å²) in [4.78, 5) is 17.9. The Morgan fingerprint density at radius 2 is 1.85 bits per heavy atom. The smallest absolute Gasteiger partial charge is 0.303 e. The van der Waals surface area contributed by atoms with Crippen molar-refractivity contribution in [3.05, 3.63) is 65.1 Å². The van der Waals surface area contributed by atoms with Gasteiger partial charge in [-0.15, -0.1) is 0 Å². The minimum absolute atomic E-state index is 0.00281. The number of likely N-dealkylation sites (tertiary alicyclic amines) is 1. The average molecular weight is 567 g/mol. The lowest BCUT2D eigenvalue weighted by Gasteiger charge is -2.41. The monoisotopic (exact) mass is 566 g/mol. The van der Waals surface area contributed by atoms with Crippen LogP contribution in [0.1, 0.15) is 49.4 Å². The highest BCUT2D eigenvalue weighted by atomic mass is 19.2. The van der Waals surface area contributed by atoms with Crippen LogP contribution in [0.4, 0.5) is 22.0 Å². The number of rotatable bonds is 12. The van der Waals surface area contributed by atoms with E-state index in [9.17, 15) is 27.5 Å². The van der Waals surface area contributed by atoms with Crippen LogP contribution < -0.4 is 9.47 Å². The molecule has 1 saturated heterocycles. The third kappa shape index (κ3) is 6.80. The van der Waals surface area contributed by atoms with Gasteiger partial charge in [0.05, 0.1) is 19.0 Å². The van der Waals surface area contributed by atoms with Gasteiger partial charge in [0.25, 0.3) is 0 Å². The molecule has 0 unspecified atom stereocenters. The number of hydrogen-bond donors (Lipinski definition) is 1. The highest BCUT2D eigenvalue weighted by Gasteiger charge is 2.37. The molecule has 1 aliphatic heterocycles. The molecule has 0 bridgehead atoms. The molecule has 0 radical (unpaired) electrons. The lowest BCUT2D eigenvalue weighted by molar-refractivity contribution is -0.141. The van der Waals surface area contributed by atoms with Crippen LogP contribution in [0.25, 0.3) is 10.9 Å². The quantitative estimate of drug-likeness (QED) is 0.251. The lowest BCUT2D eigenvalue weighted by Crippen LogP contribution is -2.42. The van der Waals surface area contributed by atoms with Gasteiger partial charge in [-0.2, -0.15) is 0 Å². The number of benzene rings is 2. The van der Waals surface area contributed by atoms with E-state index in [2.05, 4.69) is 4.98 Å². The minimum atomic E-state index is -1.54. The Morgan fingerprint density at radius 3 is 2.48 bits per heavy atom. The SMILES string of the molecule is COc1ccc2ncc(CF)c([C@H](F)CCC3(CC(=O)O)CCN(CCOc4c(F)cc(F)cc4F)CC3)c2c1. The summed E-state index contributed by atoms with van der Waals surface area (Å²) in [5, 5.41) is 10.1. The highest BCUT2D eigenvalue weighted by Crippen LogP contribution is 2.43. The maximum atomic E-state index is 15.8. The molecule has 6 nitrogen and oxygen atoms in total. The van der Waals surface area contributed by atoms with Crippen LogP contribution in [0.15, 0.2) is 36.5 Å². The van der Waals surface area contributed by atoms with Crippen molar-refractivity contribution in [1.29, 1.82) is 0 Å². The molecule has 216 valence electrons. The molecule has 40 heavy (non-hydrogen) atoms. The Labute approximate surface area is 228 Å². The van der Waals surface area contributed by atoms with Gasteiger partial charge < -0.3 is 14.6 Å². The Balaban J connectivity index is 1.41. The van der Waals surface area contributed by atoms with Crippen molar-refractivity contribution in [3.63, 3.8) is 0 Å². The van der Waals surface area contributed by atoms with E-state index in [0.29, 0.717) is 61.3 Å². The van der Waals surface area contributed by atoms with Crippen molar-refractivity contribution in [1.82, 2.24) is 9.88 Å². The Morgan fingerprint density at radius 1 is 1.15 bits per heavy atom. The number of piperidine rings is 1. The molecule has 2 aromatic carbocycles. The molecule has 3 aromatic rings. The fraction of sp³-hybridized carbons (Fsp3) is 0.448. The summed E-state index contributed by atoms with van der Waals surface area (Å²) in [7, 11) is 1.48. The molecule has 0 aliphatic carbocycles. The molecule has 0 saturated carbocycles. The predicted molar refractivity (Wildman–Crippen MR) is 138 cm³/mol. The van der Waals surface area contributed by atoms with Crippen LogP contribution in [0.2, 0.25) is 0 Å². The summed E-state index contributed by atoms with van der Waals surface area (Å²) >= 11 is 0. The highest BCUT2D eigenvalue weighted by molar-refractivity contribution is 5.85. The van der Waals surface area contributed by atoms with Gasteiger partial charge in [0.1, 0.15) is 31.0 Å². The third-order valence-corrected chi connectivity index (χ3v) is 7.64. The summed E-state index contributed by atoms with van der Waals surface area (Å²) in [5.41, 5.74) is 0.182. The van der Waals surface area contributed by atoms with Crippen molar-refractivity contribution in [3.8, 4) is 11.5 Å². The number of alkyl halides is 2. The minimum Gasteiger partial charge on any atom is -0.497 e. The molecule has 1 aromatic heterocycles. The predicted octanol–water partition coefficient (Wildman–Crippen LogP) is 6.56. The van der Waals surface area contributed by atoms with Gasteiger partial charge in [-0.25, -0.2) is 22.0 Å². The first-order chi connectivity index (χ1) is 19.1. The van der Waals surface area contributed by atoms with Crippen molar-refractivity contribution in [2.45, 2.75) is 45.0 Å². The maximum Gasteiger partial charge on any atom is 0.303 e. The number of aromatic nitrogens is 1. The summed E-state index contributed by atoms with van der Waals surface area (Å²) in [6.07, 6.45) is 0.851. The van der Waals surface area contributed by atoms with E-state index in [4.69, 9.17) is 9.47 Å². The third-order valence-electron chi connectivity index (χ3n) is 7.64. The summed E-state index contributed by atoms with van der Waals surface area (Å²) in [6, 6.07) is 6.07. The number of nitrogens with zero attached hydrogens (tertiary/aromatic N) is 2. The van der Waals surface area contributed by atoms with Crippen LogP contribution in [0.3, 0.4) is 0 Å². The van der Waals surface area contributed by atoms with Gasteiger partial charge in [-0.05, 0) is 62.4 Å². The first-order valence-corrected chi connectivity index (χ1v) is 13.0. The zero-order valence-electron chi connectivity index (χ0n) is 22.1. The van der Waals surface area contributed by atoms with E-state index >= 15 is 4.39 Å².